The molecule has 1 aromatic rings. The Morgan fingerprint density at radius 3 is 2.47 bits per heavy atom. The van der Waals surface area contributed by atoms with Gasteiger partial charge < -0.3 is 5.73 Å². The van der Waals surface area contributed by atoms with Gasteiger partial charge in [-0.25, -0.2) is 0 Å². The maximum absolute atomic E-state index is 6.02. The topological polar surface area (TPSA) is 29.3 Å². The van der Waals surface area contributed by atoms with Gasteiger partial charge in [0.25, 0.3) is 0 Å². The minimum absolute atomic E-state index is 0.349. The Morgan fingerprint density at radius 1 is 1.26 bits per heavy atom. The van der Waals surface area contributed by atoms with Crippen molar-refractivity contribution in [3.63, 3.8) is 0 Å². The van der Waals surface area contributed by atoms with E-state index < -0.39 is 0 Å². The highest BCUT2D eigenvalue weighted by atomic mass is 79.9. The van der Waals surface area contributed by atoms with E-state index in [1.807, 2.05) is 0 Å². The van der Waals surface area contributed by atoms with Crippen LogP contribution in [0.5, 0.6) is 0 Å². The lowest BCUT2D eigenvalue weighted by atomic mass is 9.92. The number of hydrogen-bond acceptors (Lipinski definition) is 2. The van der Waals surface area contributed by atoms with Crippen molar-refractivity contribution in [2.24, 2.45) is 11.7 Å². The Labute approximate surface area is 133 Å². The van der Waals surface area contributed by atoms with E-state index in [9.17, 15) is 0 Å². The first kappa shape index (κ1) is 15.5. The summed E-state index contributed by atoms with van der Waals surface area (Å²) < 4.78 is 2.20. The minimum atomic E-state index is 0.349. The standard InChI is InChI=1S/C15H22Br2N2/c1-2-11-5-7-19(8-6-11)15(10-18)12-3-4-13(16)14(17)9-12/h3-4,9,11,15H,2,5-8,10,18H2,1H3. The van der Waals surface area contributed by atoms with Crippen LogP contribution in [0.15, 0.2) is 27.1 Å². The van der Waals surface area contributed by atoms with E-state index in [4.69, 9.17) is 5.73 Å². The van der Waals surface area contributed by atoms with Gasteiger partial charge in [-0.2, -0.15) is 0 Å². The van der Waals surface area contributed by atoms with Crippen LogP contribution in [-0.4, -0.2) is 24.5 Å². The smallest absolute Gasteiger partial charge is 0.0470 e. The Hall–Kier alpha value is 0.1000. The third-order valence-electron chi connectivity index (χ3n) is 4.22. The Morgan fingerprint density at radius 2 is 1.95 bits per heavy atom. The van der Waals surface area contributed by atoms with Crippen LogP contribution in [0.3, 0.4) is 0 Å². The number of rotatable bonds is 4. The lowest BCUT2D eigenvalue weighted by molar-refractivity contribution is 0.134. The van der Waals surface area contributed by atoms with Gasteiger partial charge in [0.05, 0.1) is 0 Å². The zero-order valence-electron chi connectivity index (χ0n) is 11.4. The van der Waals surface area contributed by atoms with E-state index in [-0.39, 0.29) is 0 Å². The molecular formula is C15H22Br2N2. The number of piperidine rings is 1. The molecule has 19 heavy (non-hydrogen) atoms. The number of benzene rings is 1. The normalized spacial score (nSPS) is 19.6. The van der Waals surface area contributed by atoms with Gasteiger partial charge in [0.2, 0.25) is 0 Å². The highest BCUT2D eigenvalue weighted by molar-refractivity contribution is 9.13. The number of nitrogens with zero attached hydrogens (tertiary/aromatic N) is 1. The zero-order valence-corrected chi connectivity index (χ0v) is 14.6. The number of halogens is 2. The molecule has 1 unspecified atom stereocenters. The van der Waals surface area contributed by atoms with Crippen molar-refractivity contribution in [2.75, 3.05) is 19.6 Å². The third kappa shape index (κ3) is 3.81. The second kappa shape index (κ2) is 7.21. The maximum Gasteiger partial charge on any atom is 0.0470 e. The fraction of sp³-hybridized carbons (Fsp3) is 0.600. The molecule has 4 heteroatoms. The SMILES string of the molecule is CCC1CCN(C(CN)c2ccc(Br)c(Br)c2)CC1. The number of nitrogens with two attached hydrogens (primary N) is 1. The summed E-state index contributed by atoms with van der Waals surface area (Å²) >= 11 is 7.10. The number of hydrogen-bond donors (Lipinski definition) is 1. The average molecular weight is 390 g/mol. The average Bonchev–Trinajstić information content (AvgIpc) is 2.44. The Bertz CT molecular complexity index is 415. The van der Waals surface area contributed by atoms with Crippen molar-refractivity contribution in [3.05, 3.63) is 32.7 Å². The summed E-state index contributed by atoms with van der Waals surface area (Å²) in [7, 11) is 0. The third-order valence-corrected chi connectivity index (χ3v) is 6.10. The summed E-state index contributed by atoms with van der Waals surface area (Å²) in [5.74, 6) is 0.909. The molecule has 0 saturated carbocycles. The first-order chi connectivity index (χ1) is 9.15. The molecule has 1 saturated heterocycles. The second-order valence-corrected chi connectivity index (χ2v) is 7.02. The van der Waals surface area contributed by atoms with Crippen LogP contribution in [0, 0.1) is 5.92 Å². The summed E-state index contributed by atoms with van der Waals surface area (Å²) in [5.41, 5.74) is 7.33. The van der Waals surface area contributed by atoms with Gasteiger partial charge >= 0.3 is 0 Å². The predicted molar refractivity (Wildman–Crippen MR) is 88.2 cm³/mol. The molecule has 1 heterocycles. The van der Waals surface area contributed by atoms with E-state index >= 15 is 0 Å². The van der Waals surface area contributed by atoms with Gasteiger partial charge in [0.15, 0.2) is 0 Å². The van der Waals surface area contributed by atoms with Crippen molar-refractivity contribution in [2.45, 2.75) is 32.2 Å². The molecule has 106 valence electrons. The van der Waals surface area contributed by atoms with Crippen LogP contribution in [0.2, 0.25) is 0 Å². The Balaban J connectivity index is 2.09. The summed E-state index contributed by atoms with van der Waals surface area (Å²) in [6.07, 6.45) is 3.93. The molecule has 1 aliphatic heterocycles. The van der Waals surface area contributed by atoms with Crippen molar-refractivity contribution in [1.29, 1.82) is 0 Å². The minimum Gasteiger partial charge on any atom is -0.329 e. The fourth-order valence-electron chi connectivity index (χ4n) is 2.89. The van der Waals surface area contributed by atoms with Gasteiger partial charge in [-0.05, 0) is 81.4 Å². The van der Waals surface area contributed by atoms with Crippen molar-refractivity contribution < 1.29 is 0 Å². The largest absolute Gasteiger partial charge is 0.329 e. The van der Waals surface area contributed by atoms with Crippen LogP contribution in [0.4, 0.5) is 0 Å². The van der Waals surface area contributed by atoms with E-state index in [1.165, 1.54) is 37.9 Å². The molecule has 0 radical (unpaired) electrons. The summed E-state index contributed by atoms with van der Waals surface area (Å²) in [6.45, 7) is 5.33. The van der Waals surface area contributed by atoms with Crippen LogP contribution in [0.1, 0.15) is 37.8 Å². The summed E-state index contributed by atoms with van der Waals surface area (Å²) in [5, 5.41) is 0. The van der Waals surface area contributed by atoms with Crippen LogP contribution >= 0.6 is 31.9 Å². The quantitative estimate of drug-likeness (QED) is 0.829. The molecule has 0 aromatic heterocycles. The van der Waals surface area contributed by atoms with Crippen molar-refractivity contribution >= 4 is 31.9 Å². The molecule has 0 amide bonds. The highest BCUT2D eigenvalue weighted by Gasteiger charge is 2.24. The van der Waals surface area contributed by atoms with Gasteiger partial charge in [0, 0.05) is 21.5 Å². The Kier molecular flexibility index (Phi) is 5.87. The molecule has 0 bridgehead atoms. The molecule has 2 nitrogen and oxygen atoms in total. The predicted octanol–water partition coefficient (Wildman–Crippen LogP) is 4.33. The number of likely N-dealkylation sites (tertiary alicyclic amines) is 1. The molecule has 1 aliphatic rings. The maximum atomic E-state index is 6.02. The van der Waals surface area contributed by atoms with Crippen molar-refractivity contribution in [3.8, 4) is 0 Å². The summed E-state index contributed by atoms with van der Waals surface area (Å²) in [6, 6.07) is 6.81. The molecule has 1 aromatic carbocycles. The van der Waals surface area contributed by atoms with Gasteiger partial charge in [0.1, 0.15) is 0 Å². The van der Waals surface area contributed by atoms with Crippen LogP contribution in [-0.2, 0) is 0 Å². The molecule has 0 spiro atoms. The second-order valence-electron chi connectivity index (χ2n) is 5.31. The fourth-order valence-corrected chi connectivity index (χ4v) is 3.53. The van der Waals surface area contributed by atoms with Gasteiger partial charge in [-0.1, -0.05) is 19.4 Å². The molecule has 0 aliphatic carbocycles. The molecule has 2 N–H and O–H groups in total. The van der Waals surface area contributed by atoms with E-state index in [0.29, 0.717) is 12.6 Å². The van der Waals surface area contributed by atoms with Crippen molar-refractivity contribution in [1.82, 2.24) is 4.90 Å². The van der Waals surface area contributed by atoms with E-state index in [2.05, 4.69) is 61.9 Å². The van der Waals surface area contributed by atoms with Crippen LogP contribution in [0.25, 0.3) is 0 Å². The lowest BCUT2D eigenvalue weighted by Gasteiger charge is -2.37. The summed E-state index contributed by atoms with van der Waals surface area (Å²) in [4.78, 5) is 2.54. The van der Waals surface area contributed by atoms with E-state index in [1.54, 1.807) is 0 Å². The van der Waals surface area contributed by atoms with Gasteiger partial charge in [-0.3, -0.25) is 4.90 Å². The van der Waals surface area contributed by atoms with Crippen LogP contribution < -0.4 is 5.73 Å². The monoisotopic (exact) mass is 388 g/mol. The zero-order chi connectivity index (χ0) is 13.8. The molecule has 1 fully saturated rings. The highest BCUT2D eigenvalue weighted by Crippen LogP contribution is 2.31. The molecular weight excluding hydrogens is 368 g/mol. The first-order valence-corrected chi connectivity index (χ1v) is 8.63. The van der Waals surface area contributed by atoms with Gasteiger partial charge in [-0.15, -0.1) is 0 Å². The molecule has 1 atom stereocenters. The lowest BCUT2D eigenvalue weighted by Crippen LogP contribution is -2.39. The molecule has 2 rings (SSSR count). The first-order valence-electron chi connectivity index (χ1n) is 7.04. The van der Waals surface area contributed by atoms with E-state index in [0.717, 1.165) is 14.9 Å².